The number of hydrogen-bond donors (Lipinski definition) is 1. The van der Waals surface area contributed by atoms with Gasteiger partial charge in [-0.1, -0.05) is 19.9 Å². The van der Waals surface area contributed by atoms with Gasteiger partial charge in [0.25, 0.3) is 0 Å². The van der Waals surface area contributed by atoms with Crippen molar-refractivity contribution in [2.45, 2.75) is 38.9 Å². The number of nitrogens with two attached hydrogens (primary N) is 1. The second-order valence-electron chi connectivity index (χ2n) is 5.27. The Hall–Kier alpha value is -0.510. The molecule has 1 nitrogen and oxygen atoms in total. The van der Waals surface area contributed by atoms with Crippen LogP contribution in [0, 0.1) is 17.3 Å². The molecule has 0 heterocycles. The molecule has 0 saturated heterocycles. The summed E-state index contributed by atoms with van der Waals surface area (Å²) in [5, 5.41) is 0. The van der Waals surface area contributed by atoms with Crippen LogP contribution in [0.3, 0.4) is 0 Å². The standard InChI is InChI=1S/C11H16F3N/c1-10(2)6-3-4-7(8(10)5-6)9(15)11(12,13)14/h4,6,8-9H,3,5,15H2,1-2H3. The summed E-state index contributed by atoms with van der Waals surface area (Å²) in [6.45, 7) is 4.09. The molecule has 0 aliphatic heterocycles. The lowest BCUT2D eigenvalue weighted by atomic mass is 9.48. The molecule has 0 spiro atoms. The number of fused-ring (bicyclic) bond motifs is 1. The number of allylic oxidation sites excluding steroid dienone is 1. The van der Waals surface area contributed by atoms with Crippen molar-refractivity contribution in [2.75, 3.05) is 0 Å². The van der Waals surface area contributed by atoms with E-state index < -0.39 is 12.2 Å². The van der Waals surface area contributed by atoms with Gasteiger partial charge in [-0.05, 0) is 35.7 Å². The molecule has 0 aromatic heterocycles. The zero-order chi connectivity index (χ0) is 11.4. The van der Waals surface area contributed by atoms with Crippen LogP contribution in [0.1, 0.15) is 26.7 Å². The molecule has 15 heavy (non-hydrogen) atoms. The van der Waals surface area contributed by atoms with E-state index in [0.717, 1.165) is 12.8 Å². The molecule has 1 saturated carbocycles. The second-order valence-corrected chi connectivity index (χ2v) is 5.27. The van der Waals surface area contributed by atoms with Crippen LogP contribution in [0.15, 0.2) is 11.6 Å². The van der Waals surface area contributed by atoms with E-state index in [4.69, 9.17) is 5.73 Å². The predicted molar refractivity (Wildman–Crippen MR) is 52.1 cm³/mol. The van der Waals surface area contributed by atoms with Crippen LogP contribution >= 0.6 is 0 Å². The van der Waals surface area contributed by atoms with Crippen molar-refractivity contribution in [2.24, 2.45) is 23.0 Å². The Morgan fingerprint density at radius 1 is 1.47 bits per heavy atom. The summed E-state index contributed by atoms with van der Waals surface area (Å²) in [5.41, 5.74) is 5.69. The van der Waals surface area contributed by atoms with Crippen molar-refractivity contribution in [3.8, 4) is 0 Å². The Bertz CT molecular complexity index is 303. The molecule has 86 valence electrons. The van der Waals surface area contributed by atoms with Crippen molar-refractivity contribution >= 4 is 0 Å². The van der Waals surface area contributed by atoms with Gasteiger partial charge in [0.15, 0.2) is 0 Å². The molecule has 2 bridgehead atoms. The molecule has 3 rings (SSSR count). The van der Waals surface area contributed by atoms with Gasteiger partial charge in [-0.25, -0.2) is 0 Å². The SMILES string of the molecule is CC1(C)C2CC=C(C(N)C(F)(F)F)C1C2. The van der Waals surface area contributed by atoms with E-state index in [2.05, 4.69) is 0 Å². The highest BCUT2D eigenvalue weighted by molar-refractivity contribution is 5.28. The zero-order valence-corrected chi connectivity index (χ0v) is 8.93. The fourth-order valence-electron chi connectivity index (χ4n) is 2.93. The van der Waals surface area contributed by atoms with Crippen LogP contribution in [-0.2, 0) is 0 Å². The summed E-state index contributed by atoms with van der Waals surface area (Å²) >= 11 is 0. The molecular formula is C11H16F3N. The molecule has 0 radical (unpaired) electrons. The molecule has 2 N–H and O–H groups in total. The molecule has 3 aliphatic carbocycles. The number of hydrogen-bond acceptors (Lipinski definition) is 1. The van der Waals surface area contributed by atoms with Gasteiger partial charge in [0.1, 0.15) is 6.04 Å². The number of halogens is 3. The lowest BCUT2D eigenvalue weighted by molar-refractivity contribution is -0.146. The molecule has 3 atom stereocenters. The summed E-state index contributed by atoms with van der Waals surface area (Å²) in [6, 6.07) is -1.76. The first-order chi connectivity index (χ1) is 6.74. The quantitative estimate of drug-likeness (QED) is 0.674. The first kappa shape index (κ1) is 11.0. The largest absolute Gasteiger partial charge is 0.407 e. The molecule has 0 aromatic carbocycles. The maximum atomic E-state index is 12.5. The maximum Gasteiger partial charge on any atom is 0.407 e. The highest BCUT2D eigenvalue weighted by Crippen LogP contribution is 2.60. The minimum Gasteiger partial charge on any atom is -0.317 e. The van der Waals surface area contributed by atoms with Gasteiger partial charge in [-0.2, -0.15) is 13.2 Å². The summed E-state index contributed by atoms with van der Waals surface area (Å²) in [6.07, 6.45) is -0.961. The van der Waals surface area contributed by atoms with Crippen molar-refractivity contribution in [1.29, 1.82) is 0 Å². The van der Waals surface area contributed by atoms with Gasteiger partial charge in [-0.15, -0.1) is 0 Å². The third-order valence-corrected chi connectivity index (χ3v) is 4.22. The fourth-order valence-corrected chi connectivity index (χ4v) is 2.93. The van der Waals surface area contributed by atoms with Crippen molar-refractivity contribution in [1.82, 2.24) is 0 Å². The predicted octanol–water partition coefficient (Wildman–Crippen LogP) is 2.87. The first-order valence-electron chi connectivity index (χ1n) is 5.27. The Balaban J connectivity index is 2.22. The van der Waals surface area contributed by atoms with Gasteiger partial charge < -0.3 is 5.73 Å². The van der Waals surface area contributed by atoms with Gasteiger partial charge in [0.2, 0.25) is 0 Å². The van der Waals surface area contributed by atoms with E-state index in [0.29, 0.717) is 11.5 Å². The highest BCUT2D eigenvalue weighted by atomic mass is 19.4. The first-order valence-corrected chi connectivity index (χ1v) is 5.27. The highest BCUT2D eigenvalue weighted by Gasteiger charge is 2.55. The summed E-state index contributed by atoms with van der Waals surface area (Å²) in [7, 11) is 0. The average Bonchev–Trinajstić information content (AvgIpc) is 2.15. The van der Waals surface area contributed by atoms with Crippen LogP contribution in [0.5, 0.6) is 0 Å². The minimum absolute atomic E-state index is 0.00690. The lowest BCUT2D eigenvalue weighted by Crippen LogP contribution is -2.54. The van der Waals surface area contributed by atoms with Crippen LogP contribution in [0.2, 0.25) is 0 Å². The lowest BCUT2D eigenvalue weighted by Gasteiger charge is -2.57. The Morgan fingerprint density at radius 3 is 2.47 bits per heavy atom. The maximum absolute atomic E-state index is 12.5. The zero-order valence-electron chi connectivity index (χ0n) is 8.93. The van der Waals surface area contributed by atoms with E-state index in [1.54, 1.807) is 6.08 Å². The number of rotatable bonds is 1. The fraction of sp³-hybridized carbons (Fsp3) is 0.818. The summed E-state index contributed by atoms with van der Waals surface area (Å²) in [4.78, 5) is 0. The van der Waals surface area contributed by atoms with Crippen molar-refractivity contribution in [3.63, 3.8) is 0 Å². The van der Waals surface area contributed by atoms with E-state index in [1.807, 2.05) is 13.8 Å². The Kier molecular flexibility index (Phi) is 2.20. The molecular weight excluding hydrogens is 203 g/mol. The molecule has 4 heteroatoms. The smallest absolute Gasteiger partial charge is 0.317 e. The summed E-state index contributed by atoms with van der Waals surface area (Å²) in [5.74, 6) is 0.583. The van der Waals surface area contributed by atoms with Gasteiger partial charge in [0, 0.05) is 0 Å². The normalized spacial score (nSPS) is 35.5. The molecule has 3 aliphatic rings. The number of alkyl halides is 3. The Morgan fingerprint density at radius 2 is 2.07 bits per heavy atom. The van der Waals surface area contributed by atoms with Crippen LogP contribution in [0.25, 0.3) is 0 Å². The molecule has 3 unspecified atom stereocenters. The van der Waals surface area contributed by atoms with E-state index in [-0.39, 0.29) is 11.3 Å². The average molecular weight is 219 g/mol. The van der Waals surface area contributed by atoms with Crippen LogP contribution in [0.4, 0.5) is 13.2 Å². The van der Waals surface area contributed by atoms with E-state index >= 15 is 0 Å². The van der Waals surface area contributed by atoms with Gasteiger partial charge >= 0.3 is 6.18 Å². The van der Waals surface area contributed by atoms with E-state index in [1.165, 1.54) is 0 Å². The second kappa shape index (κ2) is 3.00. The van der Waals surface area contributed by atoms with Gasteiger partial charge in [0.05, 0.1) is 0 Å². The van der Waals surface area contributed by atoms with Gasteiger partial charge in [-0.3, -0.25) is 0 Å². The van der Waals surface area contributed by atoms with Crippen molar-refractivity contribution in [3.05, 3.63) is 11.6 Å². The van der Waals surface area contributed by atoms with Crippen molar-refractivity contribution < 1.29 is 13.2 Å². The molecule has 0 amide bonds. The van der Waals surface area contributed by atoms with E-state index in [9.17, 15) is 13.2 Å². The topological polar surface area (TPSA) is 26.0 Å². The molecule has 1 fully saturated rings. The Labute approximate surface area is 87.5 Å². The van der Waals surface area contributed by atoms with Crippen LogP contribution < -0.4 is 5.73 Å². The monoisotopic (exact) mass is 219 g/mol. The third kappa shape index (κ3) is 1.50. The molecule has 0 aromatic rings. The van der Waals surface area contributed by atoms with Crippen LogP contribution in [-0.4, -0.2) is 12.2 Å². The third-order valence-electron chi connectivity index (χ3n) is 4.22. The summed E-state index contributed by atoms with van der Waals surface area (Å²) < 4.78 is 37.5. The minimum atomic E-state index is -4.30.